The van der Waals surface area contributed by atoms with E-state index in [9.17, 15) is 14.7 Å². The van der Waals surface area contributed by atoms with Crippen molar-refractivity contribution in [3.05, 3.63) is 58.2 Å². The molecule has 1 saturated heterocycles. The van der Waals surface area contributed by atoms with Crippen molar-refractivity contribution < 1.29 is 19.4 Å². The molecule has 2 aliphatic rings. The summed E-state index contributed by atoms with van der Waals surface area (Å²) in [5.74, 6) is -0.301. The van der Waals surface area contributed by atoms with Crippen LogP contribution in [0.4, 0.5) is 5.82 Å². The van der Waals surface area contributed by atoms with E-state index in [1.54, 1.807) is 20.9 Å². The number of thiazole rings is 1. The predicted octanol–water partition coefficient (Wildman–Crippen LogP) is 5.15. The quantitative estimate of drug-likeness (QED) is 0.439. The molecule has 0 atom stereocenters. The van der Waals surface area contributed by atoms with E-state index in [0.29, 0.717) is 32.0 Å². The summed E-state index contributed by atoms with van der Waals surface area (Å²) < 4.78 is 7.14. The second kappa shape index (κ2) is 11.6. The third-order valence-electron chi connectivity index (χ3n) is 7.67. The number of anilines is 1. The van der Waals surface area contributed by atoms with Crippen LogP contribution in [0.3, 0.4) is 0 Å². The highest BCUT2D eigenvalue weighted by Crippen LogP contribution is 2.34. The number of nitrogens with zero attached hydrogens (tertiary/aromatic N) is 4. The van der Waals surface area contributed by atoms with E-state index in [1.165, 1.54) is 11.8 Å². The zero-order valence-corrected chi connectivity index (χ0v) is 22.0. The number of hydrogen-bond acceptors (Lipinski definition) is 6. The molecule has 2 aromatic heterocycles. The molecule has 0 radical (unpaired) electrons. The normalized spacial score (nSPS) is 20.6. The van der Waals surface area contributed by atoms with E-state index >= 15 is 0 Å². The number of hydrogen-bond donors (Lipinski definition) is 1. The summed E-state index contributed by atoms with van der Waals surface area (Å²) in [6, 6.07) is 7.85. The summed E-state index contributed by atoms with van der Waals surface area (Å²) >= 11 is 1.60. The lowest BCUT2D eigenvalue weighted by atomic mass is 9.82. The third-order valence-corrected chi connectivity index (χ3v) is 8.30. The zero-order valence-electron chi connectivity index (χ0n) is 21.2. The van der Waals surface area contributed by atoms with Gasteiger partial charge in [-0.2, -0.15) is 0 Å². The van der Waals surface area contributed by atoms with Crippen LogP contribution in [0.5, 0.6) is 0 Å². The first-order valence-corrected chi connectivity index (χ1v) is 14.1. The molecule has 196 valence electrons. The fourth-order valence-electron chi connectivity index (χ4n) is 5.38. The number of aryl methyl sites for hydroxylation is 2. The molecule has 1 aliphatic carbocycles. The van der Waals surface area contributed by atoms with Gasteiger partial charge in [-0.3, -0.25) is 9.69 Å². The molecule has 3 heterocycles. The van der Waals surface area contributed by atoms with Gasteiger partial charge in [-0.15, -0.1) is 16.4 Å². The predicted molar refractivity (Wildman–Crippen MR) is 142 cm³/mol. The standard InChI is InChI=1S/C28H34N4O4S/c1-19-2-7-21(8-3-19)27(33)32(24-12-14-36-15-13-24)26-25(28(34)35)16-31(30-26)23-10-5-20(6-11-23)4-9-22-17-37-18-29-22/h5-6,10-11,16-19,21,24H,2-4,7-9,12-15H2,1H3,(H,34,35)/t19-,21-. The molecule has 5 rings (SSSR count). The number of rotatable bonds is 8. The third kappa shape index (κ3) is 5.93. The number of aromatic nitrogens is 3. The zero-order chi connectivity index (χ0) is 25.8. The first-order valence-electron chi connectivity index (χ1n) is 13.2. The van der Waals surface area contributed by atoms with Gasteiger partial charge in [-0.25, -0.2) is 14.5 Å². The average Bonchev–Trinajstić information content (AvgIpc) is 3.60. The van der Waals surface area contributed by atoms with Crippen molar-refractivity contribution in [2.75, 3.05) is 18.1 Å². The lowest BCUT2D eigenvalue weighted by Crippen LogP contribution is -2.47. The Labute approximate surface area is 221 Å². The smallest absolute Gasteiger partial charge is 0.341 e. The van der Waals surface area contributed by atoms with Crippen molar-refractivity contribution in [2.24, 2.45) is 11.8 Å². The van der Waals surface area contributed by atoms with Crippen LogP contribution < -0.4 is 4.90 Å². The van der Waals surface area contributed by atoms with Crippen LogP contribution in [0, 0.1) is 11.8 Å². The molecule has 1 amide bonds. The Bertz CT molecular complexity index is 1190. The van der Waals surface area contributed by atoms with E-state index in [0.717, 1.165) is 49.9 Å². The maximum Gasteiger partial charge on any atom is 0.341 e. The first kappa shape index (κ1) is 25.6. The van der Waals surface area contributed by atoms with Crippen LogP contribution in [0.2, 0.25) is 0 Å². The number of aromatic carboxylic acids is 1. The number of benzene rings is 1. The molecular weight excluding hydrogens is 488 g/mol. The Morgan fingerprint density at radius 2 is 1.81 bits per heavy atom. The van der Waals surface area contributed by atoms with Crippen molar-refractivity contribution in [3.63, 3.8) is 0 Å². The van der Waals surface area contributed by atoms with Crippen molar-refractivity contribution in [1.29, 1.82) is 0 Å². The van der Waals surface area contributed by atoms with Gasteiger partial charge < -0.3 is 9.84 Å². The van der Waals surface area contributed by atoms with E-state index < -0.39 is 5.97 Å². The maximum atomic E-state index is 13.9. The van der Waals surface area contributed by atoms with Crippen LogP contribution in [0.1, 0.15) is 67.1 Å². The Morgan fingerprint density at radius 3 is 2.46 bits per heavy atom. The maximum absolute atomic E-state index is 13.9. The van der Waals surface area contributed by atoms with Gasteiger partial charge in [-0.1, -0.05) is 19.1 Å². The summed E-state index contributed by atoms with van der Waals surface area (Å²) in [5.41, 5.74) is 4.92. The largest absolute Gasteiger partial charge is 0.477 e. The summed E-state index contributed by atoms with van der Waals surface area (Å²) in [6.07, 6.45) is 8.35. The van der Waals surface area contributed by atoms with Crippen molar-refractivity contribution in [1.82, 2.24) is 14.8 Å². The highest BCUT2D eigenvalue weighted by Gasteiger charge is 2.37. The van der Waals surface area contributed by atoms with E-state index in [2.05, 4.69) is 17.3 Å². The fraction of sp³-hybridized carbons (Fsp3) is 0.500. The second-order valence-corrected chi connectivity index (χ2v) is 11.0. The highest BCUT2D eigenvalue weighted by molar-refractivity contribution is 7.07. The number of carbonyl (C=O) groups excluding carboxylic acids is 1. The molecule has 0 unspecified atom stereocenters. The molecule has 2 fully saturated rings. The summed E-state index contributed by atoms with van der Waals surface area (Å²) in [4.78, 5) is 32.2. The summed E-state index contributed by atoms with van der Waals surface area (Å²) in [6.45, 7) is 3.34. The molecule has 3 aromatic rings. The number of amides is 1. The average molecular weight is 523 g/mol. The Kier molecular flexibility index (Phi) is 8.00. The minimum atomic E-state index is -1.08. The highest BCUT2D eigenvalue weighted by atomic mass is 32.1. The molecule has 1 N–H and O–H groups in total. The van der Waals surface area contributed by atoms with Gasteiger partial charge in [0, 0.05) is 36.8 Å². The molecule has 1 aromatic carbocycles. The monoisotopic (exact) mass is 522 g/mol. The van der Waals surface area contributed by atoms with E-state index in [-0.39, 0.29) is 29.2 Å². The fourth-order valence-corrected chi connectivity index (χ4v) is 5.97. The van der Waals surface area contributed by atoms with Crippen LogP contribution >= 0.6 is 11.3 Å². The molecule has 1 aliphatic heterocycles. The van der Waals surface area contributed by atoms with Crippen LogP contribution in [-0.2, 0) is 22.4 Å². The van der Waals surface area contributed by atoms with Crippen LogP contribution in [-0.4, -0.2) is 51.0 Å². The van der Waals surface area contributed by atoms with Crippen LogP contribution in [0.25, 0.3) is 5.69 Å². The van der Waals surface area contributed by atoms with Gasteiger partial charge >= 0.3 is 5.97 Å². The first-order chi connectivity index (χ1) is 18.0. The number of carboxylic acids is 1. The van der Waals surface area contributed by atoms with Gasteiger partial charge in [0.05, 0.1) is 16.9 Å². The molecule has 9 heteroatoms. The summed E-state index contributed by atoms with van der Waals surface area (Å²) in [7, 11) is 0. The molecular formula is C28H34N4O4S. The van der Waals surface area contributed by atoms with Gasteiger partial charge in [0.25, 0.3) is 0 Å². The second-order valence-electron chi connectivity index (χ2n) is 10.3. The SMILES string of the molecule is C[C@H]1CC[C@H](C(=O)N(c2nn(-c3ccc(CCc4cscn4)cc3)cc2C(=O)O)C2CCOCC2)CC1. The Morgan fingerprint density at radius 1 is 1.08 bits per heavy atom. The Hall–Kier alpha value is -3.04. The van der Waals surface area contributed by atoms with Crippen molar-refractivity contribution in [3.8, 4) is 5.69 Å². The summed E-state index contributed by atoms with van der Waals surface area (Å²) in [5, 5.41) is 16.9. The molecule has 37 heavy (non-hydrogen) atoms. The van der Waals surface area contributed by atoms with Crippen molar-refractivity contribution in [2.45, 2.75) is 64.3 Å². The van der Waals surface area contributed by atoms with Crippen molar-refractivity contribution >= 4 is 29.0 Å². The minimum Gasteiger partial charge on any atom is -0.477 e. The topological polar surface area (TPSA) is 97.6 Å². The molecule has 0 spiro atoms. The van der Waals surface area contributed by atoms with Crippen LogP contribution in [0.15, 0.2) is 41.4 Å². The Balaban J connectivity index is 1.42. The van der Waals surface area contributed by atoms with Gasteiger partial charge in [0.15, 0.2) is 5.82 Å². The molecule has 0 bridgehead atoms. The van der Waals surface area contributed by atoms with Gasteiger partial charge in [0.1, 0.15) is 5.56 Å². The van der Waals surface area contributed by atoms with Gasteiger partial charge in [0.2, 0.25) is 5.91 Å². The number of carboxylic acid groups (broad SMARTS) is 1. The lowest BCUT2D eigenvalue weighted by molar-refractivity contribution is -0.124. The van der Waals surface area contributed by atoms with E-state index in [4.69, 9.17) is 9.84 Å². The molecule has 1 saturated carbocycles. The number of ether oxygens (including phenoxy) is 1. The molecule has 8 nitrogen and oxygen atoms in total. The van der Waals surface area contributed by atoms with Gasteiger partial charge in [-0.05, 0) is 75.0 Å². The number of carbonyl (C=O) groups is 2. The minimum absolute atomic E-state index is 0.00365. The lowest BCUT2D eigenvalue weighted by Gasteiger charge is -2.37. The van der Waals surface area contributed by atoms with E-state index in [1.807, 2.05) is 29.8 Å².